The van der Waals surface area contributed by atoms with Crippen molar-refractivity contribution in [1.29, 1.82) is 0 Å². The Morgan fingerprint density at radius 2 is 1.38 bits per heavy atom. The number of rotatable bonds is 16. The van der Waals surface area contributed by atoms with E-state index in [0.717, 1.165) is 28.3 Å². The molecule has 0 amide bonds. The van der Waals surface area contributed by atoms with Gasteiger partial charge in [-0.25, -0.2) is 4.98 Å². The van der Waals surface area contributed by atoms with Crippen LogP contribution in [-0.2, 0) is 46.5 Å². The first kappa shape index (κ1) is 49.0. The molecule has 0 atom stereocenters. The van der Waals surface area contributed by atoms with Crippen LogP contribution >= 0.6 is 23.6 Å². The maximum atomic E-state index is 12.7. The molecule has 0 spiro atoms. The number of fused-ring (bicyclic) bond motifs is 1. The van der Waals surface area contributed by atoms with Crippen molar-refractivity contribution >= 4 is 71.1 Å². The van der Waals surface area contributed by atoms with Crippen molar-refractivity contribution in [2.24, 2.45) is 0 Å². The third-order valence-electron chi connectivity index (χ3n) is 8.60. The number of nitrogens with zero attached hydrogens (tertiary/aromatic N) is 7. The van der Waals surface area contributed by atoms with E-state index in [1.165, 1.54) is 54.2 Å². The summed E-state index contributed by atoms with van der Waals surface area (Å²) in [6, 6.07) is 21.7. The predicted molar refractivity (Wildman–Crippen MR) is 231 cm³/mol. The number of unbranched alkanes of at least 4 members (excludes halogenated alkanes) is 3. The number of benzene rings is 1. The Hall–Kier alpha value is -6.65. The molecule has 0 aliphatic rings. The van der Waals surface area contributed by atoms with E-state index >= 15 is 0 Å². The van der Waals surface area contributed by atoms with Gasteiger partial charge >= 0.3 is 25.7 Å². The monoisotopic (exact) mass is 979 g/mol. The summed E-state index contributed by atoms with van der Waals surface area (Å²) >= 11 is 5.47. The van der Waals surface area contributed by atoms with E-state index in [1.54, 1.807) is 72.1 Å². The number of hydrogen-bond donors (Lipinski definition) is 0. The molecule has 63 heavy (non-hydrogen) atoms. The van der Waals surface area contributed by atoms with E-state index in [1.807, 2.05) is 12.2 Å². The van der Waals surface area contributed by atoms with Gasteiger partial charge in [0.05, 0.1) is 22.8 Å². The topological polar surface area (TPSA) is 180 Å². The van der Waals surface area contributed by atoms with Gasteiger partial charge in [-0.2, -0.15) is 18.3 Å². The molecule has 19 heteroatoms. The summed E-state index contributed by atoms with van der Waals surface area (Å²) in [6.07, 6.45) is 10.1. The Morgan fingerprint density at radius 1 is 0.746 bits per heavy atom. The summed E-state index contributed by atoms with van der Waals surface area (Å²) in [5.74, 6) is 0.962. The predicted octanol–water partition coefficient (Wildman–Crippen LogP) is 10.1. The summed E-state index contributed by atoms with van der Waals surface area (Å²) < 4.78 is 52.8. The summed E-state index contributed by atoms with van der Waals surface area (Å²) in [7, 11) is 0. The first-order valence-corrected chi connectivity index (χ1v) is 19.8. The van der Waals surface area contributed by atoms with Crippen molar-refractivity contribution in [2.45, 2.75) is 45.2 Å². The number of thiophene rings is 1. The SMILES string of the molecule is CCCCCCc1ccc(/C=C/c2ccnc(-c3cc(C(F)(F)F)n[n-]3)c2)s1.O=COc1ccnc(-c2cc3cc(OC=O)ccc3c(-c3cc(OC=O)ccn3)n2)c1.[N-]=C=S.[Ru+2]. The van der Waals surface area contributed by atoms with Gasteiger partial charge in [0.25, 0.3) is 19.4 Å². The van der Waals surface area contributed by atoms with E-state index in [9.17, 15) is 27.6 Å². The van der Waals surface area contributed by atoms with Crippen LogP contribution in [0.25, 0.3) is 62.5 Å². The van der Waals surface area contributed by atoms with Crippen molar-refractivity contribution in [3.8, 4) is 51.4 Å². The zero-order valence-electron chi connectivity index (χ0n) is 33.0. The van der Waals surface area contributed by atoms with Crippen molar-refractivity contribution in [2.75, 3.05) is 0 Å². The van der Waals surface area contributed by atoms with E-state index in [4.69, 9.17) is 24.6 Å². The number of isothiocyanates is 1. The van der Waals surface area contributed by atoms with Crippen LogP contribution in [0.2, 0.25) is 0 Å². The summed E-state index contributed by atoms with van der Waals surface area (Å²) in [5.41, 5.74) is 2.19. The molecule has 0 N–H and O–H groups in total. The number of hydrogen-bond acceptors (Lipinski definition) is 13. The van der Waals surface area contributed by atoms with Gasteiger partial charge in [0.2, 0.25) is 0 Å². The Balaban J connectivity index is 0.000000258. The fourth-order valence-electron chi connectivity index (χ4n) is 5.81. The molecule has 7 rings (SSSR count). The maximum Gasteiger partial charge on any atom is 2.00 e. The van der Waals surface area contributed by atoms with Gasteiger partial charge in [-0.15, -0.1) is 11.3 Å². The van der Waals surface area contributed by atoms with E-state index in [2.05, 4.69) is 56.4 Å². The number of pyridine rings is 4. The van der Waals surface area contributed by atoms with Crippen molar-refractivity contribution in [1.82, 2.24) is 30.1 Å². The molecule has 0 saturated heterocycles. The number of carbonyl (C=O) groups is 3. The quantitative estimate of drug-likeness (QED) is 0.0294. The number of thiocarbonyl (C=S) groups is 1. The molecule has 0 saturated carbocycles. The number of aromatic nitrogens is 6. The van der Waals surface area contributed by atoms with Crippen molar-refractivity contribution in [3.63, 3.8) is 0 Å². The molecule has 0 fully saturated rings. The van der Waals surface area contributed by atoms with Crippen molar-refractivity contribution in [3.05, 3.63) is 124 Å². The fraction of sp³-hybridized carbons (Fsp3) is 0.159. The number of aryl methyl sites for hydroxylation is 1. The van der Waals surface area contributed by atoms with E-state index in [0.29, 0.717) is 70.5 Å². The zero-order valence-corrected chi connectivity index (χ0v) is 36.4. The second-order valence-electron chi connectivity index (χ2n) is 12.8. The second kappa shape index (κ2) is 24.7. The van der Waals surface area contributed by atoms with Gasteiger partial charge in [-0.1, -0.05) is 50.2 Å². The average molecular weight is 979 g/mol. The third kappa shape index (κ3) is 14.5. The minimum absolute atomic E-state index is 0. The van der Waals surface area contributed by atoms with Gasteiger partial charge in [-0.05, 0) is 96.6 Å². The average Bonchev–Trinajstić information content (AvgIpc) is 3.97. The Morgan fingerprint density at radius 3 is 2.03 bits per heavy atom. The maximum absolute atomic E-state index is 12.7. The number of ether oxygens (including phenoxy) is 3. The third-order valence-corrected chi connectivity index (χ3v) is 9.71. The van der Waals surface area contributed by atoms with Gasteiger partial charge in [-0.3, -0.25) is 29.3 Å². The Bertz CT molecular complexity index is 2690. The molecular weight excluding hydrogens is 945 g/mol. The second-order valence-corrected chi connectivity index (χ2v) is 14.1. The van der Waals surface area contributed by atoms with Crippen molar-refractivity contribution < 1.29 is 61.2 Å². The number of alkyl halides is 3. The van der Waals surface area contributed by atoms with Crippen LogP contribution in [0.4, 0.5) is 13.2 Å². The zero-order chi connectivity index (χ0) is 44.3. The van der Waals surface area contributed by atoms with E-state index in [-0.39, 0.29) is 25.2 Å². The van der Waals surface area contributed by atoms with Gasteiger partial charge in [0.15, 0.2) is 0 Å². The fourth-order valence-corrected chi connectivity index (χ4v) is 6.77. The molecule has 6 heterocycles. The van der Waals surface area contributed by atoms with Crippen LogP contribution in [-0.4, -0.2) is 49.6 Å². The number of carbonyl (C=O) groups excluding carboxylic acids is 3. The normalized spacial score (nSPS) is 10.6. The Kier molecular flexibility index (Phi) is 19.2. The van der Waals surface area contributed by atoms with Gasteiger partial charge in [0.1, 0.15) is 22.9 Å². The summed E-state index contributed by atoms with van der Waals surface area (Å²) in [5, 5.41) is 16.7. The Labute approximate surface area is 381 Å². The smallest absolute Gasteiger partial charge is 0.753 e. The molecule has 322 valence electrons. The summed E-state index contributed by atoms with van der Waals surface area (Å²) in [4.78, 5) is 52.1. The van der Waals surface area contributed by atoms with E-state index < -0.39 is 11.9 Å². The number of halogens is 3. The van der Waals surface area contributed by atoms with Crippen LogP contribution < -0.4 is 19.3 Å². The molecule has 0 bridgehead atoms. The first-order chi connectivity index (χ1) is 30.1. The molecule has 0 aliphatic carbocycles. The van der Waals surface area contributed by atoms with Crippen LogP contribution in [0.5, 0.6) is 17.2 Å². The molecule has 6 aromatic heterocycles. The van der Waals surface area contributed by atoms with Crippen LogP contribution in [0.1, 0.15) is 53.6 Å². The van der Waals surface area contributed by atoms with Crippen LogP contribution in [0.3, 0.4) is 0 Å². The largest absolute Gasteiger partial charge is 2.00 e. The van der Waals surface area contributed by atoms with Gasteiger partial charge < -0.3 is 29.8 Å². The summed E-state index contributed by atoms with van der Waals surface area (Å²) in [6.45, 7) is 3.20. The minimum Gasteiger partial charge on any atom is -0.753 e. The molecule has 0 radical (unpaired) electrons. The van der Waals surface area contributed by atoms with Crippen LogP contribution in [0, 0.1) is 0 Å². The van der Waals surface area contributed by atoms with Gasteiger partial charge in [0, 0.05) is 51.6 Å². The molecule has 0 unspecified atom stereocenters. The van der Waals surface area contributed by atoms with Crippen LogP contribution in [0.15, 0.2) is 97.5 Å². The molecule has 13 nitrogen and oxygen atoms in total. The molecule has 0 aliphatic heterocycles. The molecule has 1 aromatic carbocycles. The minimum atomic E-state index is -4.50. The first-order valence-electron chi connectivity index (χ1n) is 18.6. The molecule has 7 aromatic rings. The molecular formula is C44H34F3N7O6RuS2. The standard InChI is InChI=1S/C22H13N3O6.C21H21F3N3S.CNS.Ru/c26-11-29-15-1-2-18-14(7-15)8-20(19-9-16(30-12-27)3-5-23-19)25-22(18)21-10-17(31-13-28)4-6-24-21;1-2-3-4-5-6-16-9-10-17(28-16)8-7-15-11-12-25-18(13-15)19-14-20(27-26-19)21(22,23)24;2-1-3;/h1-13H;7-14H,2-6H2,1H3;;/q;2*-1;+2/b;8-7+;;.